The van der Waals surface area contributed by atoms with Crippen molar-refractivity contribution in [2.24, 2.45) is 0 Å². The van der Waals surface area contributed by atoms with Crippen molar-refractivity contribution in [2.75, 3.05) is 44.2 Å². The summed E-state index contributed by atoms with van der Waals surface area (Å²) in [5, 5.41) is 12.8. The van der Waals surface area contributed by atoms with Gasteiger partial charge in [0.2, 0.25) is 0 Å². The van der Waals surface area contributed by atoms with E-state index >= 15 is 0 Å². The van der Waals surface area contributed by atoms with E-state index in [-0.39, 0.29) is 12.6 Å². The van der Waals surface area contributed by atoms with E-state index in [9.17, 15) is 5.11 Å². The average molecular weight is 278 g/mol. The molecule has 1 saturated heterocycles. The smallest absolute Gasteiger partial charge is 0.128 e. The Morgan fingerprint density at radius 2 is 2.00 bits per heavy atom. The third kappa shape index (κ3) is 4.44. The number of nitrogens with zero attached hydrogens (tertiary/aromatic N) is 3. The highest BCUT2D eigenvalue weighted by molar-refractivity contribution is 5.38. The first kappa shape index (κ1) is 15.2. The van der Waals surface area contributed by atoms with Gasteiger partial charge in [0.1, 0.15) is 5.82 Å². The minimum absolute atomic E-state index is 0.163. The highest BCUT2D eigenvalue weighted by Crippen LogP contribution is 2.12. The second-order valence-electron chi connectivity index (χ2n) is 5.68. The summed E-state index contributed by atoms with van der Waals surface area (Å²) in [5.41, 5.74) is 0. The molecule has 0 bridgehead atoms. The maximum atomic E-state index is 9.43. The molecule has 20 heavy (non-hydrogen) atoms. The fourth-order valence-electron chi connectivity index (χ4n) is 2.65. The lowest BCUT2D eigenvalue weighted by atomic mass is 10.2. The number of anilines is 1. The van der Waals surface area contributed by atoms with E-state index in [1.165, 1.54) is 0 Å². The zero-order valence-electron chi connectivity index (χ0n) is 12.5. The summed E-state index contributed by atoms with van der Waals surface area (Å²) in [7, 11) is 0. The van der Waals surface area contributed by atoms with Crippen LogP contribution in [0.1, 0.15) is 13.8 Å². The lowest BCUT2D eigenvalue weighted by molar-refractivity contribution is 0.170. The van der Waals surface area contributed by atoms with Crippen LogP contribution in [0, 0.1) is 0 Å². The van der Waals surface area contributed by atoms with E-state index < -0.39 is 0 Å². The van der Waals surface area contributed by atoms with Crippen LogP contribution in [0.15, 0.2) is 24.4 Å². The molecule has 0 spiro atoms. The van der Waals surface area contributed by atoms with Gasteiger partial charge in [0.15, 0.2) is 0 Å². The third-order valence-electron chi connectivity index (χ3n) is 3.61. The Morgan fingerprint density at radius 3 is 2.55 bits per heavy atom. The summed E-state index contributed by atoms with van der Waals surface area (Å²) < 4.78 is 0. The van der Waals surface area contributed by atoms with Crippen LogP contribution in [-0.2, 0) is 0 Å². The highest BCUT2D eigenvalue weighted by Gasteiger charge is 2.20. The number of aliphatic hydroxyl groups is 1. The number of hydrogen-bond acceptors (Lipinski definition) is 5. The van der Waals surface area contributed by atoms with Crippen LogP contribution >= 0.6 is 0 Å². The summed E-state index contributed by atoms with van der Waals surface area (Å²) in [4.78, 5) is 9.13. The third-order valence-corrected chi connectivity index (χ3v) is 3.61. The number of aliphatic hydroxyl groups excluding tert-OH is 1. The Labute approximate surface area is 121 Å². The first-order valence-corrected chi connectivity index (χ1v) is 7.44. The minimum Gasteiger partial charge on any atom is -0.395 e. The molecule has 1 aromatic heterocycles. The Balaban J connectivity index is 1.79. The summed E-state index contributed by atoms with van der Waals surface area (Å²) >= 11 is 0. The van der Waals surface area contributed by atoms with E-state index in [0.717, 1.165) is 38.5 Å². The first-order chi connectivity index (χ1) is 9.69. The van der Waals surface area contributed by atoms with Crippen molar-refractivity contribution in [3.8, 4) is 0 Å². The standard InChI is InChI=1S/C15H26N4O/c1-13(2)17-14(12-20)11-18-7-9-19(10-8-18)15-5-3-4-6-16-15/h3-6,13-14,17,20H,7-12H2,1-2H3. The Hall–Kier alpha value is -1.17. The average Bonchev–Trinajstić information content (AvgIpc) is 2.48. The summed E-state index contributed by atoms with van der Waals surface area (Å²) in [6.45, 7) is 9.36. The Bertz CT molecular complexity index is 377. The van der Waals surface area contributed by atoms with E-state index in [2.05, 4.69) is 40.0 Å². The molecule has 1 aliphatic heterocycles. The molecule has 5 heteroatoms. The van der Waals surface area contributed by atoms with Crippen molar-refractivity contribution in [2.45, 2.75) is 25.9 Å². The second-order valence-corrected chi connectivity index (χ2v) is 5.68. The number of hydrogen-bond donors (Lipinski definition) is 2. The first-order valence-electron chi connectivity index (χ1n) is 7.44. The molecule has 2 N–H and O–H groups in total. The van der Waals surface area contributed by atoms with Gasteiger partial charge in [0, 0.05) is 51.0 Å². The molecular formula is C15H26N4O. The monoisotopic (exact) mass is 278 g/mol. The molecule has 0 aliphatic carbocycles. The van der Waals surface area contributed by atoms with Gasteiger partial charge >= 0.3 is 0 Å². The maximum Gasteiger partial charge on any atom is 0.128 e. The van der Waals surface area contributed by atoms with Crippen LogP contribution in [0.4, 0.5) is 5.82 Å². The van der Waals surface area contributed by atoms with Crippen LogP contribution in [0.25, 0.3) is 0 Å². The molecular weight excluding hydrogens is 252 g/mol. The van der Waals surface area contributed by atoms with Gasteiger partial charge in [-0.2, -0.15) is 0 Å². The predicted octanol–water partition coefficient (Wildman–Crippen LogP) is 0.562. The van der Waals surface area contributed by atoms with E-state index in [1.807, 2.05) is 18.3 Å². The molecule has 5 nitrogen and oxygen atoms in total. The van der Waals surface area contributed by atoms with Crippen LogP contribution in [0.3, 0.4) is 0 Å². The second kappa shape index (κ2) is 7.57. The predicted molar refractivity (Wildman–Crippen MR) is 82.0 cm³/mol. The van der Waals surface area contributed by atoms with Crippen LogP contribution in [0.5, 0.6) is 0 Å². The molecule has 0 aromatic carbocycles. The van der Waals surface area contributed by atoms with Crippen molar-refractivity contribution in [3.05, 3.63) is 24.4 Å². The number of aromatic nitrogens is 1. The quantitative estimate of drug-likeness (QED) is 0.796. The molecule has 112 valence electrons. The van der Waals surface area contributed by atoms with Gasteiger partial charge in [-0.25, -0.2) is 4.98 Å². The molecule has 1 aliphatic rings. The summed E-state index contributed by atoms with van der Waals surface area (Å²) in [5.74, 6) is 1.06. The molecule has 0 saturated carbocycles. The molecule has 1 unspecified atom stereocenters. The Kier molecular flexibility index (Phi) is 5.76. The molecule has 2 heterocycles. The fourth-order valence-corrected chi connectivity index (χ4v) is 2.65. The van der Waals surface area contributed by atoms with E-state index in [0.29, 0.717) is 6.04 Å². The molecule has 0 radical (unpaired) electrons. The number of pyridine rings is 1. The minimum atomic E-state index is 0.163. The van der Waals surface area contributed by atoms with Gasteiger partial charge in [0.25, 0.3) is 0 Å². The highest BCUT2D eigenvalue weighted by atomic mass is 16.3. The Morgan fingerprint density at radius 1 is 1.25 bits per heavy atom. The van der Waals surface area contributed by atoms with Gasteiger partial charge in [-0.1, -0.05) is 19.9 Å². The number of rotatable bonds is 6. The molecule has 2 rings (SSSR count). The van der Waals surface area contributed by atoms with Crippen molar-refractivity contribution in [3.63, 3.8) is 0 Å². The van der Waals surface area contributed by atoms with Crippen LogP contribution in [-0.4, -0.2) is 66.4 Å². The van der Waals surface area contributed by atoms with Gasteiger partial charge in [-0.3, -0.25) is 4.90 Å². The van der Waals surface area contributed by atoms with Crippen molar-refractivity contribution in [1.29, 1.82) is 0 Å². The maximum absolute atomic E-state index is 9.43. The molecule has 1 aromatic rings. The van der Waals surface area contributed by atoms with Gasteiger partial charge in [0.05, 0.1) is 6.61 Å². The normalized spacial score (nSPS) is 18.5. The molecule has 1 atom stereocenters. The zero-order valence-corrected chi connectivity index (χ0v) is 12.5. The lowest BCUT2D eigenvalue weighted by Gasteiger charge is -2.37. The van der Waals surface area contributed by atoms with E-state index in [1.54, 1.807) is 0 Å². The van der Waals surface area contributed by atoms with Crippen LogP contribution < -0.4 is 10.2 Å². The number of nitrogens with one attached hydrogen (secondary N) is 1. The molecule has 0 amide bonds. The largest absolute Gasteiger partial charge is 0.395 e. The van der Waals surface area contributed by atoms with E-state index in [4.69, 9.17) is 0 Å². The lowest BCUT2D eigenvalue weighted by Crippen LogP contribution is -2.52. The SMILES string of the molecule is CC(C)NC(CO)CN1CCN(c2ccccn2)CC1. The topological polar surface area (TPSA) is 51.6 Å². The molecule has 1 fully saturated rings. The fraction of sp³-hybridized carbons (Fsp3) is 0.667. The summed E-state index contributed by atoms with van der Waals surface area (Å²) in [6.07, 6.45) is 1.84. The summed E-state index contributed by atoms with van der Waals surface area (Å²) in [6, 6.07) is 6.61. The van der Waals surface area contributed by atoms with Crippen LogP contribution in [0.2, 0.25) is 0 Å². The van der Waals surface area contributed by atoms with Crippen molar-refractivity contribution in [1.82, 2.24) is 15.2 Å². The van der Waals surface area contributed by atoms with Crippen molar-refractivity contribution < 1.29 is 5.11 Å². The zero-order chi connectivity index (χ0) is 14.4. The van der Waals surface area contributed by atoms with Gasteiger partial charge < -0.3 is 15.3 Å². The van der Waals surface area contributed by atoms with Gasteiger partial charge in [-0.15, -0.1) is 0 Å². The van der Waals surface area contributed by atoms with Gasteiger partial charge in [-0.05, 0) is 12.1 Å². The number of piperazine rings is 1. The van der Waals surface area contributed by atoms with Crippen molar-refractivity contribution >= 4 is 5.82 Å².